The van der Waals surface area contributed by atoms with E-state index in [1.54, 1.807) is 6.20 Å². The molecule has 0 saturated heterocycles. The van der Waals surface area contributed by atoms with Crippen LogP contribution in [0.4, 0.5) is 0 Å². The summed E-state index contributed by atoms with van der Waals surface area (Å²) in [5, 5.41) is 11.9. The number of aromatic nitrogens is 4. The van der Waals surface area contributed by atoms with Crippen molar-refractivity contribution in [1.82, 2.24) is 19.9 Å². The zero-order valence-electron chi connectivity index (χ0n) is 33.6. The van der Waals surface area contributed by atoms with Crippen LogP contribution in [0.1, 0.15) is 30.5 Å². The molecule has 9 aromatic rings. The highest BCUT2D eigenvalue weighted by Crippen LogP contribution is 2.50. The Morgan fingerprint density at radius 1 is 0.459 bits per heavy atom. The first-order valence-electron chi connectivity index (χ1n) is 20.2. The maximum Gasteiger partial charge on any atom is 0.172 e. The third-order valence-electron chi connectivity index (χ3n) is 11.7. The number of benzene rings is 7. The minimum atomic E-state index is -3.23. The fourth-order valence-corrected chi connectivity index (χ4v) is 11.0. The van der Waals surface area contributed by atoms with E-state index < -0.39 is 7.14 Å². The third kappa shape index (κ3) is 6.76. The minimum absolute atomic E-state index is 0.319. The lowest BCUT2D eigenvalue weighted by Crippen LogP contribution is -2.25. The molecule has 1 aliphatic rings. The predicted molar refractivity (Wildman–Crippen MR) is 246 cm³/mol. The van der Waals surface area contributed by atoms with Crippen LogP contribution in [-0.4, -0.2) is 19.9 Å². The van der Waals surface area contributed by atoms with Gasteiger partial charge in [0.25, 0.3) is 0 Å². The van der Waals surface area contributed by atoms with E-state index in [-0.39, 0.29) is 5.41 Å². The van der Waals surface area contributed by atoms with Gasteiger partial charge in [-0.05, 0) is 81.9 Å². The number of hydrogen-bond donors (Lipinski definition) is 0. The quantitative estimate of drug-likeness (QED) is 0.142. The van der Waals surface area contributed by atoms with E-state index >= 15 is 4.57 Å². The molecule has 0 N–H and O–H groups in total. The molecule has 0 spiro atoms. The summed E-state index contributed by atoms with van der Waals surface area (Å²) in [7, 11) is -3.23. The molecular weight excluding hydrogens is 766 g/mol. The molecule has 61 heavy (non-hydrogen) atoms. The zero-order valence-corrected chi connectivity index (χ0v) is 34.5. The van der Waals surface area contributed by atoms with E-state index in [1.165, 1.54) is 11.1 Å². The van der Waals surface area contributed by atoms with Crippen molar-refractivity contribution in [1.29, 1.82) is 5.26 Å². The molecule has 0 saturated carbocycles. The second-order valence-corrected chi connectivity index (χ2v) is 18.5. The van der Waals surface area contributed by atoms with E-state index in [0.717, 1.165) is 60.8 Å². The van der Waals surface area contributed by atoms with Crippen LogP contribution in [-0.2, 0) is 9.98 Å². The number of pyridine rings is 1. The van der Waals surface area contributed by atoms with Gasteiger partial charge in [-0.2, -0.15) is 5.26 Å². The molecule has 0 unspecified atom stereocenters. The summed E-state index contributed by atoms with van der Waals surface area (Å²) in [6.45, 7) is 4.45. The largest absolute Gasteiger partial charge is 0.309 e. The minimum Gasteiger partial charge on any atom is -0.309 e. The van der Waals surface area contributed by atoms with Gasteiger partial charge in [0, 0.05) is 49.8 Å². The lowest BCUT2D eigenvalue weighted by molar-refractivity contribution is 0.592. The third-order valence-corrected chi connectivity index (χ3v) is 14.7. The Morgan fingerprint density at radius 3 is 1.49 bits per heavy atom. The summed E-state index contributed by atoms with van der Waals surface area (Å²) < 4.78 is 15.2. The van der Waals surface area contributed by atoms with E-state index in [9.17, 15) is 5.26 Å². The highest BCUT2D eigenvalue weighted by molar-refractivity contribution is 7.85. The van der Waals surface area contributed by atoms with E-state index in [0.29, 0.717) is 28.3 Å². The van der Waals surface area contributed by atoms with Gasteiger partial charge in [-0.25, -0.2) is 15.0 Å². The van der Waals surface area contributed by atoms with Crippen molar-refractivity contribution in [3.8, 4) is 73.7 Å². The van der Waals surface area contributed by atoms with Gasteiger partial charge >= 0.3 is 0 Å². The van der Waals surface area contributed by atoms with Crippen molar-refractivity contribution in [2.24, 2.45) is 0 Å². The number of fused-ring (bicyclic) bond motifs is 3. The van der Waals surface area contributed by atoms with Gasteiger partial charge in [0.2, 0.25) is 0 Å². The molecule has 10 rings (SSSR count). The van der Waals surface area contributed by atoms with Crippen LogP contribution in [0.2, 0.25) is 0 Å². The van der Waals surface area contributed by atoms with Gasteiger partial charge < -0.3 is 4.57 Å². The topological polar surface area (TPSA) is 92.4 Å². The van der Waals surface area contributed by atoms with E-state index in [2.05, 4.69) is 62.4 Å². The van der Waals surface area contributed by atoms with Gasteiger partial charge in [0.05, 0.1) is 17.3 Å². The molecule has 290 valence electrons. The van der Waals surface area contributed by atoms with Gasteiger partial charge in [0.1, 0.15) is 0 Å². The highest BCUT2D eigenvalue weighted by atomic mass is 31.2. The summed E-state index contributed by atoms with van der Waals surface area (Å²) in [6.07, 6.45) is 1.76. The first-order valence-corrected chi connectivity index (χ1v) is 21.9. The summed E-state index contributed by atoms with van der Waals surface area (Å²) in [4.78, 5) is 20.2. The zero-order chi connectivity index (χ0) is 41.6. The number of hydrogen-bond acceptors (Lipinski definition) is 6. The highest BCUT2D eigenvalue weighted by Gasteiger charge is 2.36. The van der Waals surface area contributed by atoms with Crippen molar-refractivity contribution < 1.29 is 4.57 Å². The fourth-order valence-electron chi connectivity index (χ4n) is 8.46. The average molecular weight is 804 g/mol. The molecule has 0 aliphatic heterocycles. The van der Waals surface area contributed by atoms with E-state index in [1.807, 2.05) is 146 Å². The summed E-state index contributed by atoms with van der Waals surface area (Å²) >= 11 is 0. The smallest absolute Gasteiger partial charge is 0.172 e. The molecule has 2 aromatic heterocycles. The Labute approximate surface area is 355 Å². The first kappa shape index (κ1) is 37.7. The van der Waals surface area contributed by atoms with E-state index in [4.69, 9.17) is 19.9 Å². The fraction of sp³-hybridized carbons (Fsp3) is 0.0556. The molecular formula is C54H38N5OP. The molecule has 0 bridgehead atoms. The lowest BCUT2D eigenvalue weighted by atomic mass is 9.81. The Kier molecular flexibility index (Phi) is 9.40. The SMILES string of the molecule is CC1(C)c2cc(C#N)ccc2-c2ccc(-c3cc(-c4ccc(P(=O)(c5ccccc5)c5ccccc5)cn4)cc(-c4nc(-c5ccccc5)nc(-c5ccccc5)n4)c3)cc21. The predicted octanol–water partition coefficient (Wildman–Crippen LogP) is 11.4. The van der Waals surface area contributed by atoms with Crippen LogP contribution in [0, 0.1) is 11.3 Å². The van der Waals surface area contributed by atoms with Crippen molar-refractivity contribution in [2.45, 2.75) is 19.3 Å². The molecule has 0 amide bonds. The van der Waals surface area contributed by atoms with Crippen LogP contribution >= 0.6 is 7.14 Å². The maximum atomic E-state index is 15.2. The van der Waals surface area contributed by atoms with Gasteiger partial charge in [0.15, 0.2) is 24.6 Å². The Hall–Kier alpha value is -7.58. The van der Waals surface area contributed by atoms with Gasteiger partial charge in [-0.3, -0.25) is 4.98 Å². The molecule has 7 aromatic carbocycles. The van der Waals surface area contributed by atoms with Crippen LogP contribution in [0.5, 0.6) is 0 Å². The second-order valence-electron chi connectivity index (χ2n) is 15.8. The summed E-state index contributed by atoms with van der Waals surface area (Å²) in [6, 6.07) is 64.4. The summed E-state index contributed by atoms with van der Waals surface area (Å²) in [5.41, 5.74) is 11.1. The van der Waals surface area contributed by atoms with Crippen LogP contribution in [0.15, 0.2) is 194 Å². The normalized spacial score (nSPS) is 12.6. The van der Waals surface area contributed by atoms with Crippen molar-refractivity contribution in [3.05, 3.63) is 211 Å². The Bertz CT molecular complexity index is 3080. The standard InChI is InChI=1S/C54H38N5OP/c1-54(2)48-29-36(34-55)23-26-46(48)47-27-24-39(33-49(47)54)40-30-41(50-28-25-45(35-56-50)61(60,43-19-11-5-12-20-43)44-21-13-6-14-22-44)32-42(31-40)53-58-51(37-15-7-3-8-16-37)57-52(59-53)38-17-9-4-10-18-38/h3-33,35H,1-2H3. The molecule has 6 nitrogen and oxygen atoms in total. The molecule has 7 heteroatoms. The van der Waals surface area contributed by atoms with Crippen molar-refractivity contribution in [3.63, 3.8) is 0 Å². The monoisotopic (exact) mass is 803 g/mol. The van der Waals surface area contributed by atoms with Gasteiger partial charge in [-0.1, -0.05) is 153 Å². The molecule has 1 aliphatic carbocycles. The number of nitriles is 1. The second kappa shape index (κ2) is 15.2. The molecule has 2 heterocycles. The average Bonchev–Trinajstić information content (AvgIpc) is 3.56. The first-order chi connectivity index (χ1) is 29.8. The molecule has 0 atom stereocenters. The molecule has 0 fully saturated rings. The maximum absolute atomic E-state index is 15.2. The van der Waals surface area contributed by atoms with Crippen molar-refractivity contribution in [2.75, 3.05) is 0 Å². The van der Waals surface area contributed by atoms with Crippen LogP contribution in [0.25, 0.3) is 67.7 Å². The van der Waals surface area contributed by atoms with Crippen LogP contribution < -0.4 is 15.9 Å². The van der Waals surface area contributed by atoms with Crippen molar-refractivity contribution >= 4 is 23.1 Å². The Balaban J connectivity index is 1.15. The summed E-state index contributed by atoms with van der Waals surface area (Å²) in [5.74, 6) is 1.68. The Morgan fingerprint density at radius 2 is 0.951 bits per heavy atom. The number of rotatable bonds is 8. The number of nitrogens with zero attached hydrogens (tertiary/aromatic N) is 5. The van der Waals surface area contributed by atoms with Gasteiger partial charge in [-0.15, -0.1) is 0 Å². The molecule has 0 radical (unpaired) electrons. The van der Waals surface area contributed by atoms with Crippen LogP contribution in [0.3, 0.4) is 0 Å². The lowest BCUT2D eigenvalue weighted by Gasteiger charge is -2.22.